The molecule has 6 heteroatoms. The highest BCUT2D eigenvalue weighted by Crippen LogP contribution is 2.25. The van der Waals surface area contributed by atoms with Crippen LogP contribution in [0.5, 0.6) is 0 Å². The van der Waals surface area contributed by atoms with Crippen molar-refractivity contribution < 1.29 is 13.2 Å². The second kappa shape index (κ2) is 6.52. The van der Waals surface area contributed by atoms with Crippen LogP contribution in [0.4, 0.5) is 0 Å². The zero-order valence-corrected chi connectivity index (χ0v) is 15.6. The van der Waals surface area contributed by atoms with E-state index in [1.165, 1.54) is 11.6 Å². The van der Waals surface area contributed by atoms with Gasteiger partial charge < -0.3 is 4.90 Å². The average Bonchev–Trinajstić information content (AvgIpc) is 3.44. The Hall–Kier alpha value is -2.18. The first kappa shape index (κ1) is 17.2. The molecule has 0 bridgehead atoms. The Morgan fingerprint density at radius 2 is 1.85 bits per heavy atom. The summed E-state index contributed by atoms with van der Waals surface area (Å²) in [6.45, 7) is 3.05. The molecule has 1 heterocycles. The third-order valence-electron chi connectivity index (χ3n) is 5.07. The number of hydrogen-bond acceptors (Lipinski definition) is 3. The summed E-state index contributed by atoms with van der Waals surface area (Å²) in [5.74, 6) is -0.111. The zero-order chi connectivity index (χ0) is 18.3. The topological polar surface area (TPSA) is 66.5 Å². The van der Waals surface area contributed by atoms with E-state index in [0.717, 1.165) is 30.4 Å². The minimum absolute atomic E-state index is 0.0408. The van der Waals surface area contributed by atoms with Gasteiger partial charge in [0.1, 0.15) is 0 Å². The summed E-state index contributed by atoms with van der Waals surface area (Å²) in [6, 6.07) is 13.0. The van der Waals surface area contributed by atoms with Gasteiger partial charge in [0.25, 0.3) is 5.91 Å². The Labute approximate surface area is 154 Å². The molecule has 2 aromatic carbocycles. The Kier molecular flexibility index (Phi) is 4.32. The van der Waals surface area contributed by atoms with Crippen LogP contribution in [0.1, 0.15) is 39.9 Å². The number of nitrogens with zero attached hydrogens (tertiary/aromatic N) is 1. The van der Waals surface area contributed by atoms with E-state index >= 15 is 0 Å². The van der Waals surface area contributed by atoms with Gasteiger partial charge in [-0.25, -0.2) is 13.1 Å². The number of amides is 1. The molecule has 5 nitrogen and oxygen atoms in total. The SMILES string of the molecule is Cc1ccc(S(=O)(=O)NC2CC2)cc1C(=O)N1CCc2ccccc2C1. The van der Waals surface area contributed by atoms with Crippen LogP contribution < -0.4 is 4.72 Å². The molecule has 1 aliphatic carbocycles. The number of fused-ring (bicyclic) bond motifs is 1. The number of hydrogen-bond donors (Lipinski definition) is 1. The van der Waals surface area contributed by atoms with Gasteiger partial charge in [-0.2, -0.15) is 0 Å². The number of rotatable bonds is 4. The van der Waals surface area contributed by atoms with Crippen molar-refractivity contribution in [2.45, 2.75) is 43.7 Å². The van der Waals surface area contributed by atoms with Crippen LogP contribution in [0.2, 0.25) is 0 Å². The van der Waals surface area contributed by atoms with E-state index in [9.17, 15) is 13.2 Å². The van der Waals surface area contributed by atoms with Crippen molar-refractivity contribution in [1.82, 2.24) is 9.62 Å². The van der Waals surface area contributed by atoms with Crippen LogP contribution in [0.3, 0.4) is 0 Å². The summed E-state index contributed by atoms with van der Waals surface area (Å²) in [6.07, 6.45) is 2.58. The van der Waals surface area contributed by atoms with Gasteiger partial charge in [0, 0.05) is 24.7 Å². The van der Waals surface area contributed by atoms with E-state index < -0.39 is 10.0 Å². The molecular weight excluding hydrogens is 348 g/mol. The highest BCUT2D eigenvalue weighted by atomic mass is 32.2. The Morgan fingerprint density at radius 1 is 1.12 bits per heavy atom. The number of sulfonamides is 1. The summed E-state index contributed by atoms with van der Waals surface area (Å²) in [5.41, 5.74) is 3.68. The normalized spacial score (nSPS) is 17.0. The summed E-state index contributed by atoms with van der Waals surface area (Å²) < 4.78 is 27.6. The molecule has 0 atom stereocenters. The summed E-state index contributed by atoms with van der Waals surface area (Å²) in [7, 11) is -3.57. The van der Waals surface area contributed by atoms with E-state index in [2.05, 4.69) is 10.8 Å². The molecular formula is C20H22N2O3S. The lowest BCUT2D eigenvalue weighted by Gasteiger charge is -2.29. The molecule has 0 aromatic heterocycles. The number of carbonyl (C=O) groups is 1. The molecule has 0 saturated heterocycles. The van der Waals surface area contributed by atoms with Crippen LogP contribution in [0, 0.1) is 6.92 Å². The van der Waals surface area contributed by atoms with Crippen LogP contribution in [-0.2, 0) is 23.0 Å². The van der Waals surface area contributed by atoms with Crippen LogP contribution in [0.15, 0.2) is 47.4 Å². The minimum atomic E-state index is -3.57. The van der Waals surface area contributed by atoms with E-state index in [4.69, 9.17) is 0 Å². The molecule has 1 fully saturated rings. The number of nitrogens with one attached hydrogen (secondary N) is 1. The molecule has 26 heavy (non-hydrogen) atoms. The second-order valence-electron chi connectivity index (χ2n) is 7.12. The Bertz CT molecular complexity index is 965. The third kappa shape index (κ3) is 3.39. The first-order valence-corrected chi connectivity index (χ1v) is 10.4. The van der Waals surface area contributed by atoms with Crippen molar-refractivity contribution in [2.75, 3.05) is 6.54 Å². The van der Waals surface area contributed by atoms with Crippen molar-refractivity contribution in [3.8, 4) is 0 Å². The molecule has 2 aromatic rings. The van der Waals surface area contributed by atoms with Crippen molar-refractivity contribution in [3.05, 3.63) is 64.7 Å². The van der Waals surface area contributed by atoms with Gasteiger partial charge >= 0.3 is 0 Å². The zero-order valence-electron chi connectivity index (χ0n) is 14.7. The Morgan fingerprint density at radius 3 is 2.58 bits per heavy atom. The van der Waals surface area contributed by atoms with Crippen LogP contribution >= 0.6 is 0 Å². The first-order chi connectivity index (χ1) is 12.4. The maximum Gasteiger partial charge on any atom is 0.254 e. The largest absolute Gasteiger partial charge is 0.334 e. The molecule has 136 valence electrons. The lowest BCUT2D eigenvalue weighted by atomic mass is 9.98. The van der Waals surface area contributed by atoms with Gasteiger partial charge in [-0.15, -0.1) is 0 Å². The third-order valence-corrected chi connectivity index (χ3v) is 6.58. The second-order valence-corrected chi connectivity index (χ2v) is 8.83. The van der Waals surface area contributed by atoms with Gasteiger partial charge in [0.05, 0.1) is 4.90 Å². The average molecular weight is 370 g/mol. The highest BCUT2D eigenvalue weighted by Gasteiger charge is 2.29. The van der Waals surface area contributed by atoms with E-state index in [-0.39, 0.29) is 16.8 Å². The monoisotopic (exact) mass is 370 g/mol. The Balaban J connectivity index is 1.61. The number of carbonyl (C=O) groups excluding carboxylic acids is 1. The lowest BCUT2D eigenvalue weighted by molar-refractivity contribution is 0.0733. The standard InChI is InChI=1S/C20H22N2O3S/c1-14-6-9-18(26(24,25)21-17-7-8-17)12-19(14)20(23)22-11-10-15-4-2-3-5-16(15)13-22/h2-6,9,12,17,21H,7-8,10-11,13H2,1H3. The van der Waals surface area contributed by atoms with Gasteiger partial charge in [0.2, 0.25) is 10.0 Å². The lowest BCUT2D eigenvalue weighted by Crippen LogP contribution is -2.36. The smallest absolute Gasteiger partial charge is 0.254 e. The van der Waals surface area contributed by atoms with E-state index in [0.29, 0.717) is 18.7 Å². The number of aryl methyl sites for hydroxylation is 1. The fourth-order valence-corrected chi connectivity index (χ4v) is 4.66. The van der Waals surface area contributed by atoms with Crippen molar-refractivity contribution in [3.63, 3.8) is 0 Å². The summed E-state index contributed by atoms with van der Waals surface area (Å²) >= 11 is 0. The van der Waals surface area contributed by atoms with Crippen LogP contribution in [-0.4, -0.2) is 31.8 Å². The molecule has 1 aliphatic heterocycles. The molecule has 1 saturated carbocycles. The molecule has 4 rings (SSSR count). The first-order valence-electron chi connectivity index (χ1n) is 8.93. The fraction of sp³-hybridized carbons (Fsp3) is 0.350. The molecule has 0 unspecified atom stereocenters. The number of benzene rings is 2. The molecule has 0 radical (unpaired) electrons. The predicted octanol–water partition coefficient (Wildman–Crippen LogP) is 2.63. The van der Waals surface area contributed by atoms with Crippen molar-refractivity contribution >= 4 is 15.9 Å². The fourth-order valence-electron chi connectivity index (χ4n) is 3.33. The van der Waals surface area contributed by atoms with Crippen molar-refractivity contribution in [2.24, 2.45) is 0 Å². The molecule has 1 N–H and O–H groups in total. The van der Waals surface area contributed by atoms with Crippen LogP contribution in [0.25, 0.3) is 0 Å². The molecule has 0 spiro atoms. The minimum Gasteiger partial charge on any atom is -0.334 e. The summed E-state index contributed by atoms with van der Waals surface area (Å²) in [4.78, 5) is 15.0. The van der Waals surface area contributed by atoms with Gasteiger partial charge in [-0.1, -0.05) is 30.3 Å². The van der Waals surface area contributed by atoms with E-state index in [1.54, 1.807) is 17.0 Å². The maximum absolute atomic E-state index is 13.1. The quantitative estimate of drug-likeness (QED) is 0.900. The molecule has 1 amide bonds. The molecule has 2 aliphatic rings. The van der Waals surface area contributed by atoms with Gasteiger partial charge in [-0.05, 0) is 55.0 Å². The maximum atomic E-state index is 13.1. The van der Waals surface area contributed by atoms with Gasteiger partial charge in [-0.3, -0.25) is 4.79 Å². The highest BCUT2D eigenvalue weighted by molar-refractivity contribution is 7.89. The summed E-state index contributed by atoms with van der Waals surface area (Å²) in [5, 5.41) is 0. The van der Waals surface area contributed by atoms with Gasteiger partial charge in [0.15, 0.2) is 0 Å². The predicted molar refractivity (Wildman–Crippen MR) is 99.4 cm³/mol. The van der Waals surface area contributed by atoms with E-state index in [1.807, 2.05) is 25.1 Å². The van der Waals surface area contributed by atoms with Crippen molar-refractivity contribution in [1.29, 1.82) is 0 Å².